The van der Waals surface area contributed by atoms with Gasteiger partial charge in [0, 0.05) is 12.8 Å². The first-order chi connectivity index (χ1) is 8.60. The van der Waals surface area contributed by atoms with Gasteiger partial charge in [-0.3, -0.25) is 9.59 Å². The van der Waals surface area contributed by atoms with Gasteiger partial charge in [0.15, 0.2) is 5.78 Å². The fourth-order valence-electron chi connectivity index (χ4n) is 1.65. The number of benzene rings is 1. The third-order valence-electron chi connectivity index (χ3n) is 2.50. The van der Waals surface area contributed by atoms with Gasteiger partial charge in [0.2, 0.25) is 0 Å². The Bertz CT molecular complexity index is 417. The minimum absolute atomic E-state index is 0.0246. The molecule has 0 aromatic heterocycles. The zero-order chi connectivity index (χ0) is 13.5. The molecule has 1 rings (SSSR count). The third-order valence-corrected chi connectivity index (χ3v) is 2.50. The van der Waals surface area contributed by atoms with Crippen LogP contribution >= 0.6 is 0 Å². The van der Waals surface area contributed by atoms with Crippen molar-refractivity contribution in [3.8, 4) is 11.5 Å². The summed E-state index contributed by atoms with van der Waals surface area (Å²) in [6.07, 6.45) is 0.432. The Morgan fingerprint density at radius 2 is 1.67 bits per heavy atom. The first kappa shape index (κ1) is 14.0. The number of carboxylic acids is 1. The minimum Gasteiger partial charge on any atom is -0.496 e. The molecule has 0 aliphatic heterocycles. The number of hydrogen-bond donors (Lipinski definition) is 1. The Balaban J connectivity index is 2.86. The summed E-state index contributed by atoms with van der Waals surface area (Å²) in [7, 11) is 2.95. The van der Waals surface area contributed by atoms with Crippen LogP contribution in [-0.2, 0) is 4.79 Å². The highest BCUT2D eigenvalue weighted by Crippen LogP contribution is 2.29. The number of hydrogen-bond acceptors (Lipinski definition) is 4. The van der Waals surface area contributed by atoms with Crippen LogP contribution in [0.4, 0.5) is 0 Å². The number of carboxylic acid groups (broad SMARTS) is 1. The highest BCUT2D eigenvalue weighted by Gasteiger charge is 2.17. The van der Waals surface area contributed by atoms with Crippen molar-refractivity contribution in [2.75, 3.05) is 14.2 Å². The molecule has 0 aliphatic carbocycles. The van der Waals surface area contributed by atoms with Crippen LogP contribution in [0.5, 0.6) is 11.5 Å². The highest BCUT2D eigenvalue weighted by molar-refractivity contribution is 6.01. The molecule has 18 heavy (non-hydrogen) atoms. The van der Waals surface area contributed by atoms with Gasteiger partial charge in [0.1, 0.15) is 17.1 Å². The molecule has 0 heterocycles. The summed E-state index contributed by atoms with van der Waals surface area (Å²) < 4.78 is 10.2. The average Bonchev–Trinajstić information content (AvgIpc) is 2.36. The van der Waals surface area contributed by atoms with Crippen LogP contribution in [0.15, 0.2) is 18.2 Å². The van der Waals surface area contributed by atoms with E-state index in [1.165, 1.54) is 14.2 Å². The minimum atomic E-state index is -0.908. The first-order valence-corrected chi connectivity index (χ1v) is 5.56. The van der Waals surface area contributed by atoms with Crippen molar-refractivity contribution in [2.45, 2.75) is 19.3 Å². The standard InChI is InChI=1S/C13H16O5/c1-17-10-6-4-7-11(18-2)13(10)9(14)5-3-8-12(15)16/h4,6-7H,3,5,8H2,1-2H3,(H,15,16). The van der Waals surface area contributed by atoms with E-state index in [1.54, 1.807) is 18.2 Å². The molecular formula is C13H16O5. The van der Waals surface area contributed by atoms with Crippen LogP contribution in [0.3, 0.4) is 0 Å². The molecule has 5 nitrogen and oxygen atoms in total. The summed E-state index contributed by atoms with van der Waals surface area (Å²) in [6.45, 7) is 0. The van der Waals surface area contributed by atoms with Crippen LogP contribution in [0.2, 0.25) is 0 Å². The van der Waals surface area contributed by atoms with E-state index >= 15 is 0 Å². The zero-order valence-corrected chi connectivity index (χ0v) is 10.4. The average molecular weight is 252 g/mol. The maximum atomic E-state index is 12.0. The van der Waals surface area contributed by atoms with Gasteiger partial charge in [-0.05, 0) is 18.6 Å². The van der Waals surface area contributed by atoms with Crippen LogP contribution in [0.25, 0.3) is 0 Å². The second-order valence-corrected chi connectivity index (χ2v) is 3.71. The molecule has 1 aromatic carbocycles. The fraction of sp³-hybridized carbons (Fsp3) is 0.385. The molecule has 5 heteroatoms. The largest absolute Gasteiger partial charge is 0.496 e. The third kappa shape index (κ3) is 3.48. The zero-order valence-electron chi connectivity index (χ0n) is 10.4. The van der Waals surface area contributed by atoms with Crippen LogP contribution < -0.4 is 9.47 Å². The Morgan fingerprint density at radius 3 is 2.11 bits per heavy atom. The molecule has 98 valence electrons. The van der Waals surface area contributed by atoms with Gasteiger partial charge in [-0.1, -0.05) is 6.07 Å². The maximum Gasteiger partial charge on any atom is 0.303 e. The van der Waals surface area contributed by atoms with E-state index in [4.69, 9.17) is 14.6 Å². The number of ketones is 1. The van der Waals surface area contributed by atoms with E-state index < -0.39 is 5.97 Å². The first-order valence-electron chi connectivity index (χ1n) is 5.56. The molecule has 0 fully saturated rings. The van der Waals surface area contributed by atoms with Gasteiger partial charge in [0.05, 0.1) is 14.2 Å². The Hall–Kier alpha value is -2.04. The van der Waals surface area contributed by atoms with Gasteiger partial charge in [0.25, 0.3) is 0 Å². The predicted octanol–water partition coefficient (Wildman–Crippen LogP) is 2.14. The summed E-state index contributed by atoms with van der Waals surface area (Å²) in [5, 5.41) is 8.54. The number of carbonyl (C=O) groups is 2. The lowest BCUT2D eigenvalue weighted by Crippen LogP contribution is -2.06. The molecule has 0 spiro atoms. The van der Waals surface area contributed by atoms with Crippen molar-refractivity contribution in [3.63, 3.8) is 0 Å². The molecule has 0 aliphatic rings. The van der Waals surface area contributed by atoms with Crippen LogP contribution in [0, 0.1) is 0 Å². The number of methoxy groups -OCH3 is 2. The van der Waals surface area contributed by atoms with E-state index in [2.05, 4.69) is 0 Å². The van der Waals surface area contributed by atoms with Gasteiger partial charge >= 0.3 is 5.97 Å². The summed E-state index contributed by atoms with van der Waals surface area (Å²) >= 11 is 0. The van der Waals surface area contributed by atoms with Crippen molar-refractivity contribution in [3.05, 3.63) is 23.8 Å². The quantitative estimate of drug-likeness (QED) is 0.753. The molecule has 0 radical (unpaired) electrons. The second kappa shape index (κ2) is 6.64. The molecule has 0 saturated heterocycles. The highest BCUT2D eigenvalue weighted by atomic mass is 16.5. The van der Waals surface area contributed by atoms with E-state index in [1.807, 2.05) is 0 Å². The molecule has 0 atom stereocenters. The molecular weight excluding hydrogens is 236 g/mol. The molecule has 0 unspecified atom stereocenters. The molecule has 0 amide bonds. The molecule has 1 aromatic rings. The van der Waals surface area contributed by atoms with Crippen LogP contribution in [-0.4, -0.2) is 31.1 Å². The van der Waals surface area contributed by atoms with Crippen LogP contribution in [0.1, 0.15) is 29.6 Å². The van der Waals surface area contributed by atoms with E-state index in [0.717, 1.165) is 0 Å². The normalized spacial score (nSPS) is 9.89. The molecule has 0 bridgehead atoms. The smallest absolute Gasteiger partial charge is 0.303 e. The van der Waals surface area contributed by atoms with Crippen molar-refractivity contribution in [1.82, 2.24) is 0 Å². The van der Waals surface area contributed by atoms with E-state index in [9.17, 15) is 9.59 Å². The number of aliphatic carboxylic acids is 1. The van der Waals surface area contributed by atoms with Gasteiger partial charge < -0.3 is 14.6 Å². The SMILES string of the molecule is COc1cccc(OC)c1C(=O)CCCC(=O)O. The topological polar surface area (TPSA) is 72.8 Å². The lowest BCUT2D eigenvalue weighted by molar-refractivity contribution is -0.137. The second-order valence-electron chi connectivity index (χ2n) is 3.71. The summed E-state index contributed by atoms with van der Waals surface area (Å²) in [6, 6.07) is 5.07. The Morgan fingerprint density at radius 1 is 1.11 bits per heavy atom. The lowest BCUT2D eigenvalue weighted by atomic mass is 10.0. The van der Waals surface area contributed by atoms with Gasteiger partial charge in [-0.2, -0.15) is 0 Å². The predicted molar refractivity (Wildman–Crippen MR) is 65.4 cm³/mol. The fourth-order valence-corrected chi connectivity index (χ4v) is 1.65. The number of carbonyl (C=O) groups excluding carboxylic acids is 1. The van der Waals surface area contributed by atoms with Gasteiger partial charge in [-0.25, -0.2) is 0 Å². The Kier molecular flexibility index (Phi) is 5.17. The maximum absolute atomic E-state index is 12.0. The number of Topliss-reactive ketones (excluding diaryl/α,β-unsaturated/α-hetero) is 1. The van der Waals surface area contributed by atoms with Gasteiger partial charge in [-0.15, -0.1) is 0 Å². The van der Waals surface area contributed by atoms with Crippen molar-refractivity contribution in [1.29, 1.82) is 0 Å². The molecule has 0 saturated carbocycles. The monoisotopic (exact) mass is 252 g/mol. The summed E-state index contributed by atoms with van der Waals surface area (Å²) in [5.41, 5.74) is 0.368. The lowest BCUT2D eigenvalue weighted by Gasteiger charge is -2.11. The molecule has 1 N–H and O–H groups in total. The number of rotatable bonds is 7. The van der Waals surface area contributed by atoms with E-state index in [0.29, 0.717) is 23.5 Å². The Labute approximate surface area is 105 Å². The summed E-state index contributed by atoms with van der Waals surface area (Å²) in [5.74, 6) is -0.204. The van der Waals surface area contributed by atoms with Crippen molar-refractivity contribution >= 4 is 11.8 Å². The van der Waals surface area contributed by atoms with Crippen molar-refractivity contribution in [2.24, 2.45) is 0 Å². The summed E-state index contributed by atoms with van der Waals surface area (Å²) in [4.78, 5) is 22.4. The van der Waals surface area contributed by atoms with Crippen molar-refractivity contribution < 1.29 is 24.2 Å². The number of ether oxygens (including phenoxy) is 2. The van der Waals surface area contributed by atoms with E-state index in [-0.39, 0.29) is 18.6 Å².